The standard InChI is InChI=1S/C23H19N3O3/c27-21(18-12-10-17(11-13-18)16-6-2-1-3-7-16)24-14-15-26-20-9-5-4-8-19(20)25-22(28)23(26)29/h1-13H,14-15H2,(H,24,27)(H,25,28). The Morgan fingerprint density at radius 1 is 0.828 bits per heavy atom. The number of H-pyrrole nitrogens is 1. The van der Waals surface area contributed by atoms with Crippen molar-refractivity contribution in [3.63, 3.8) is 0 Å². The van der Waals surface area contributed by atoms with Gasteiger partial charge in [-0.2, -0.15) is 0 Å². The maximum atomic E-state index is 12.4. The number of benzene rings is 3. The van der Waals surface area contributed by atoms with Gasteiger partial charge in [0.05, 0.1) is 11.0 Å². The van der Waals surface area contributed by atoms with Gasteiger partial charge in [0.15, 0.2) is 0 Å². The van der Waals surface area contributed by atoms with E-state index in [1.165, 1.54) is 4.57 Å². The first-order chi connectivity index (χ1) is 14.1. The SMILES string of the molecule is O=C(NCCn1c(=O)c(=O)[nH]c2ccccc21)c1ccc(-c2ccccc2)cc1. The van der Waals surface area contributed by atoms with E-state index < -0.39 is 11.1 Å². The Kier molecular flexibility index (Phi) is 5.07. The minimum Gasteiger partial charge on any atom is -0.350 e. The van der Waals surface area contributed by atoms with Crippen LogP contribution in [0.4, 0.5) is 0 Å². The lowest BCUT2D eigenvalue weighted by molar-refractivity contribution is 0.0952. The smallest absolute Gasteiger partial charge is 0.316 e. The fourth-order valence-corrected chi connectivity index (χ4v) is 3.27. The van der Waals surface area contributed by atoms with Gasteiger partial charge in [0.1, 0.15) is 0 Å². The zero-order valence-electron chi connectivity index (χ0n) is 15.6. The van der Waals surface area contributed by atoms with Gasteiger partial charge in [-0.3, -0.25) is 14.4 Å². The molecular formula is C23H19N3O3. The molecule has 0 aliphatic heterocycles. The lowest BCUT2D eigenvalue weighted by Gasteiger charge is -2.11. The number of nitrogens with zero attached hydrogens (tertiary/aromatic N) is 1. The van der Waals surface area contributed by atoms with Crippen LogP contribution in [0, 0.1) is 0 Å². The highest BCUT2D eigenvalue weighted by Gasteiger charge is 2.09. The lowest BCUT2D eigenvalue weighted by atomic mass is 10.0. The molecule has 0 saturated heterocycles. The van der Waals surface area contributed by atoms with Crippen molar-refractivity contribution in [2.24, 2.45) is 0 Å². The zero-order chi connectivity index (χ0) is 20.2. The first-order valence-electron chi connectivity index (χ1n) is 9.29. The molecule has 144 valence electrons. The predicted octanol–water partition coefficient (Wildman–Crippen LogP) is 2.79. The monoisotopic (exact) mass is 385 g/mol. The number of aromatic nitrogens is 2. The quantitative estimate of drug-likeness (QED) is 0.518. The summed E-state index contributed by atoms with van der Waals surface area (Å²) in [4.78, 5) is 39.0. The van der Waals surface area contributed by atoms with E-state index >= 15 is 0 Å². The summed E-state index contributed by atoms with van der Waals surface area (Å²) < 4.78 is 1.38. The lowest BCUT2D eigenvalue weighted by Crippen LogP contribution is -2.39. The van der Waals surface area contributed by atoms with E-state index in [1.807, 2.05) is 42.5 Å². The fraction of sp³-hybridized carbons (Fsp3) is 0.0870. The van der Waals surface area contributed by atoms with E-state index in [0.29, 0.717) is 16.6 Å². The van der Waals surface area contributed by atoms with Crippen LogP contribution in [0.25, 0.3) is 22.2 Å². The number of carbonyl (C=O) groups is 1. The summed E-state index contributed by atoms with van der Waals surface area (Å²) in [5, 5.41) is 2.81. The Hall–Kier alpha value is -3.93. The van der Waals surface area contributed by atoms with Crippen molar-refractivity contribution in [2.75, 3.05) is 6.54 Å². The first-order valence-corrected chi connectivity index (χ1v) is 9.29. The van der Waals surface area contributed by atoms with Crippen LogP contribution in [-0.2, 0) is 6.54 Å². The second kappa shape index (κ2) is 7.98. The highest BCUT2D eigenvalue weighted by Crippen LogP contribution is 2.19. The second-order valence-corrected chi connectivity index (χ2v) is 6.63. The Morgan fingerprint density at radius 2 is 1.48 bits per heavy atom. The van der Waals surface area contributed by atoms with Crippen LogP contribution in [0.3, 0.4) is 0 Å². The number of rotatable bonds is 5. The average molecular weight is 385 g/mol. The summed E-state index contributed by atoms with van der Waals surface area (Å²) in [6.45, 7) is 0.434. The number of hydrogen-bond donors (Lipinski definition) is 2. The van der Waals surface area contributed by atoms with Crippen molar-refractivity contribution in [1.82, 2.24) is 14.9 Å². The fourth-order valence-electron chi connectivity index (χ4n) is 3.27. The van der Waals surface area contributed by atoms with Gasteiger partial charge in [-0.1, -0.05) is 54.6 Å². The summed E-state index contributed by atoms with van der Waals surface area (Å²) in [5.74, 6) is -0.230. The third-order valence-corrected chi connectivity index (χ3v) is 4.76. The van der Waals surface area contributed by atoms with Gasteiger partial charge in [-0.15, -0.1) is 0 Å². The Balaban J connectivity index is 1.46. The molecule has 0 atom stereocenters. The van der Waals surface area contributed by atoms with Crippen LogP contribution in [0.2, 0.25) is 0 Å². The van der Waals surface area contributed by atoms with Crippen molar-refractivity contribution >= 4 is 16.9 Å². The summed E-state index contributed by atoms with van der Waals surface area (Å²) in [5.41, 5.74) is 2.55. The minimum atomic E-state index is -0.675. The number of aromatic amines is 1. The highest BCUT2D eigenvalue weighted by molar-refractivity contribution is 5.94. The summed E-state index contributed by atoms with van der Waals surface area (Å²) in [7, 11) is 0. The normalized spacial score (nSPS) is 10.8. The van der Waals surface area contributed by atoms with Crippen LogP contribution in [-0.4, -0.2) is 22.0 Å². The number of nitrogens with one attached hydrogen (secondary N) is 2. The number of para-hydroxylation sites is 2. The number of fused-ring (bicyclic) bond motifs is 1. The van der Waals surface area contributed by atoms with Gasteiger partial charge in [0.25, 0.3) is 5.91 Å². The molecule has 2 N–H and O–H groups in total. The van der Waals surface area contributed by atoms with E-state index in [1.54, 1.807) is 36.4 Å². The molecule has 6 nitrogen and oxygen atoms in total. The Morgan fingerprint density at radius 3 is 2.24 bits per heavy atom. The number of amides is 1. The molecule has 1 aromatic heterocycles. The van der Waals surface area contributed by atoms with Crippen LogP contribution < -0.4 is 16.4 Å². The van der Waals surface area contributed by atoms with Crippen LogP contribution >= 0.6 is 0 Å². The van der Waals surface area contributed by atoms with Gasteiger partial charge in [0.2, 0.25) is 0 Å². The maximum absolute atomic E-state index is 12.4. The minimum absolute atomic E-state index is 0.205. The van der Waals surface area contributed by atoms with Crippen LogP contribution in [0.5, 0.6) is 0 Å². The molecule has 1 amide bonds. The average Bonchev–Trinajstić information content (AvgIpc) is 2.77. The van der Waals surface area contributed by atoms with E-state index in [9.17, 15) is 14.4 Å². The molecule has 6 heteroatoms. The van der Waals surface area contributed by atoms with Gasteiger partial charge >= 0.3 is 11.1 Å². The summed E-state index contributed by atoms with van der Waals surface area (Å²) >= 11 is 0. The molecule has 29 heavy (non-hydrogen) atoms. The third-order valence-electron chi connectivity index (χ3n) is 4.76. The van der Waals surface area contributed by atoms with Gasteiger partial charge in [-0.05, 0) is 35.4 Å². The summed E-state index contributed by atoms with van der Waals surface area (Å²) in [6, 6.07) is 24.3. The van der Waals surface area contributed by atoms with Crippen LogP contribution in [0.15, 0.2) is 88.5 Å². The second-order valence-electron chi connectivity index (χ2n) is 6.63. The Labute approximate surface area is 166 Å². The number of hydrogen-bond acceptors (Lipinski definition) is 3. The zero-order valence-corrected chi connectivity index (χ0v) is 15.6. The van der Waals surface area contributed by atoms with Crippen molar-refractivity contribution in [2.45, 2.75) is 6.54 Å². The molecule has 4 aromatic rings. The van der Waals surface area contributed by atoms with Gasteiger partial charge < -0.3 is 14.9 Å². The molecule has 0 fully saturated rings. The van der Waals surface area contributed by atoms with Gasteiger partial charge in [-0.25, -0.2) is 0 Å². The van der Waals surface area contributed by atoms with E-state index in [0.717, 1.165) is 11.1 Å². The molecule has 0 aliphatic carbocycles. The van der Waals surface area contributed by atoms with Crippen molar-refractivity contribution < 1.29 is 4.79 Å². The van der Waals surface area contributed by atoms with E-state index in [2.05, 4.69) is 10.3 Å². The summed E-state index contributed by atoms with van der Waals surface area (Å²) in [6.07, 6.45) is 0. The number of carbonyl (C=O) groups excluding carboxylic acids is 1. The molecule has 0 saturated carbocycles. The molecule has 1 heterocycles. The van der Waals surface area contributed by atoms with Crippen molar-refractivity contribution in [1.29, 1.82) is 0 Å². The third kappa shape index (κ3) is 3.87. The molecule has 4 rings (SSSR count). The molecule has 3 aromatic carbocycles. The Bertz CT molecular complexity index is 1270. The molecule has 0 unspecified atom stereocenters. The first kappa shape index (κ1) is 18.4. The molecule has 0 spiro atoms. The van der Waals surface area contributed by atoms with Gasteiger partial charge in [0, 0.05) is 18.7 Å². The maximum Gasteiger partial charge on any atom is 0.316 e. The molecule has 0 bridgehead atoms. The molecule has 0 aliphatic rings. The van der Waals surface area contributed by atoms with Crippen LogP contribution in [0.1, 0.15) is 10.4 Å². The molecular weight excluding hydrogens is 366 g/mol. The van der Waals surface area contributed by atoms with Crippen molar-refractivity contribution in [3.05, 3.63) is 105 Å². The highest BCUT2D eigenvalue weighted by atomic mass is 16.2. The topological polar surface area (TPSA) is 84.0 Å². The predicted molar refractivity (Wildman–Crippen MR) is 113 cm³/mol. The largest absolute Gasteiger partial charge is 0.350 e. The van der Waals surface area contributed by atoms with E-state index in [4.69, 9.17) is 0 Å². The van der Waals surface area contributed by atoms with Crippen molar-refractivity contribution in [3.8, 4) is 11.1 Å². The van der Waals surface area contributed by atoms with E-state index in [-0.39, 0.29) is 19.0 Å². The molecule has 0 radical (unpaired) electrons.